The molecule has 0 saturated heterocycles. The van der Waals surface area contributed by atoms with Gasteiger partial charge in [-0.2, -0.15) is 10.1 Å². The minimum absolute atomic E-state index is 0.111. The van der Waals surface area contributed by atoms with Crippen molar-refractivity contribution in [1.82, 2.24) is 25.1 Å². The second-order valence-corrected chi connectivity index (χ2v) is 5.52. The summed E-state index contributed by atoms with van der Waals surface area (Å²) in [7, 11) is 4.02. The van der Waals surface area contributed by atoms with Gasteiger partial charge in [0.2, 0.25) is 0 Å². The van der Waals surface area contributed by atoms with E-state index in [0.717, 1.165) is 11.1 Å². The van der Waals surface area contributed by atoms with Crippen molar-refractivity contribution in [2.75, 3.05) is 33.9 Å². The van der Waals surface area contributed by atoms with Crippen molar-refractivity contribution in [3.63, 3.8) is 0 Å². The molecule has 0 aliphatic carbocycles. The molecule has 7 nitrogen and oxygen atoms in total. The molecule has 20 heavy (non-hydrogen) atoms. The zero-order valence-electron chi connectivity index (χ0n) is 11.8. The molecule has 1 atom stereocenters. The second kappa shape index (κ2) is 6.96. The van der Waals surface area contributed by atoms with E-state index >= 15 is 0 Å². The molecule has 2 heterocycles. The third-order valence-corrected chi connectivity index (χ3v) is 3.12. The van der Waals surface area contributed by atoms with E-state index in [2.05, 4.69) is 41.0 Å². The average Bonchev–Trinajstić information content (AvgIpc) is 2.76. The Labute approximate surface area is 125 Å². The normalized spacial score (nSPS) is 13.1. The van der Waals surface area contributed by atoms with Crippen LogP contribution in [0.1, 0.15) is 6.92 Å². The van der Waals surface area contributed by atoms with Crippen LogP contribution in [-0.4, -0.2) is 65.0 Å². The number of nitrogens with zero attached hydrogens (tertiary/aromatic N) is 4. The molecule has 0 radical (unpaired) electrons. The van der Waals surface area contributed by atoms with Crippen LogP contribution in [0.4, 0.5) is 0 Å². The highest BCUT2D eigenvalue weighted by Crippen LogP contribution is 2.19. The summed E-state index contributed by atoms with van der Waals surface area (Å²) in [5.74, 6) is 0. The Kier molecular flexibility index (Phi) is 5.27. The van der Waals surface area contributed by atoms with Crippen LogP contribution in [0.3, 0.4) is 0 Å². The van der Waals surface area contributed by atoms with E-state index in [-0.39, 0.29) is 6.10 Å². The van der Waals surface area contributed by atoms with Crippen LogP contribution in [0.5, 0.6) is 6.01 Å². The predicted octanol–water partition coefficient (Wildman–Crippen LogP) is 1.46. The SMILES string of the molecule is C[C@H](COCCN(C)C)Oc1ncc2n[nH]c(Br)c2n1. The Morgan fingerprint density at radius 1 is 1.45 bits per heavy atom. The number of hydrogen-bond acceptors (Lipinski definition) is 6. The molecule has 0 aliphatic rings. The number of hydrogen-bond donors (Lipinski definition) is 1. The smallest absolute Gasteiger partial charge is 0.317 e. The number of ether oxygens (including phenoxy) is 2. The van der Waals surface area contributed by atoms with Crippen molar-refractivity contribution in [2.45, 2.75) is 13.0 Å². The third kappa shape index (κ3) is 4.12. The Balaban J connectivity index is 1.86. The predicted molar refractivity (Wildman–Crippen MR) is 78.8 cm³/mol. The molecule has 8 heteroatoms. The number of rotatable bonds is 7. The minimum atomic E-state index is -0.111. The summed E-state index contributed by atoms with van der Waals surface area (Å²) in [4.78, 5) is 10.5. The van der Waals surface area contributed by atoms with Gasteiger partial charge in [0.05, 0.1) is 19.4 Å². The first-order valence-corrected chi connectivity index (χ1v) is 7.11. The number of nitrogens with one attached hydrogen (secondary N) is 1. The second-order valence-electron chi connectivity index (χ2n) is 4.73. The molecular formula is C12H18BrN5O2. The van der Waals surface area contributed by atoms with Crippen LogP contribution in [0.2, 0.25) is 0 Å². The van der Waals surface area contributed by atoms with Crippen molar-refractivity contribution in [3.8, 4) is 6.01 Å². The van der Waals surface area contributed by atoms with Crippen LogP contribution in [0.15, 0.2) is 10.8 Å². The van der Waals surface area contributed by atoms with Crippen LogP contribution in [-0.2, 0) is 4.74 Å². The van der Waals surface area contributed by atoms with Gasteiger partial charge in [-0.1, -0.05) is 0 Å². The fourth-order valence-corrected chi connectivity index (χ4v) is 1.91. The topological polar surface area (TPSA) is 76.2 Å². The Hall–Kier alpha value is -1.25. The largest absolute Gasteiger partial charge is 0.458 e. The average molecular weight is 344 g/mol. The minimum Gasteiger partial charge on any atom is -0.458 e. The first kappa shape index (κ1) is 15.1. The lowest BCUT2D eigenvalue weighted by Gasteiger charge is -2.14. The first-order chi connectivity index (χ1) is 9.56. The van der Waals surface area contributed by atoms with Gasteiger partial charge in [0.15, 0.2) is 0 Å². The highest BCUT2D eigenvalue weighted by molar-refractivity contribution is 9.10. The van der Waals surface area contributed by atoms with Crippen molar-refractivity contribution in [3.05, 3.63) is 10.8 Å². The molecule has 0 unspecified atom stereocenters. The van der Waals surface area contributed by atoms with Crippen molar-refractivity contribution in [2.24, 2.45) is 0 Å². The summed E-state index contributed by atoms with van der Waals surface area (Å²) < 4.78 is 11.9. The molecule has 110 valence electrons. The van der Waals surface area contributed by atoms with E-state index in [4.69, 9.17) is 9.47 Å². The van der Waals surface area contributed by atoms with Gasteiger partial charge in [0.1, 0.15) is 21.7 Å². The molecule has 2 rings (SSSR count). The zero-order chi connectivity index (χ0) is 14.5. The van der Waals surface area contributed by atoms with Gasteiger partial charge in [-0.05, 0) is 36.9 Å². The summed E-state index contributed by atoms with van der Waals surface area (Å²) in [6.45, 7) is 3.99. The molecule has 0 aromatic carbocycles. The lowest BCUT2D eigenvalue weighted by molar-refractivity contribution is 0.0476. The molecule has 2 aromatic rings. The van der Waals surface area contributed by atoms with Gasteiger partial charge in [0, 0.05) is 6.54 Å². The van der Waals surface area contributed by atoms with Crippen molar-refractivity contribution in [1.29, 1.82) is 0 Å². The molecule has 2 aromatic heterocycles. The molecular weight excluding hydrogens is 326 g/mol. The number of aromatic nitrogens is 4. The van der Waals surface area contributed by atoms with Gasteiger partial charge >= 0.3 is 6.01 Å². The van der Waals surface area contributed by atoms with E-state index in [9.17, 15) is 0 Å². The van der Waals surface area contributed by atoms with Gasteiger partial charge < -0.3 is 14.4 Å². The Bertz CT molecular complexity index is 560. The standard InChI is InChI=1S/C12H18BrN5O2/c1-8(7-19-5-4-18(2)3)20-12-14-6-9-10(15-12)11(13)17-16-9/h6,8H,4-5,7H2,1-3H3,(H,16,17)/t8-/m1/s1. The summed E-state index contributed by atoms with van der Waals surface area (Å²) in [5, 5.41) is 6.82. The molecule has 0 spiro atoms. The Morgan fingerprint density at radius 2 is 2.25 bits per heavy atom. The maximum Gasteiger partial charge on any atom is 0.317 e. The fourth-order valence-electron chi connectivity index (χ4n) is 1.53. The first-order valence-electron chi connectivity index (χ1n) is 6.32. The number of aromatic amines is 1. The van der Waals surface area contributed by atoms with Crippen LogP contribution < -0.4 is 4.74 Å². The third-order valence-electron chi connectivity index (χ3n) is 2.57. The van der Waals surface area contributed by atoms with Crippen LogP contribution in [0.25, 0.3) is 11.0 Å². The maximum absolute atomic E-state index is 5.63. The summed E-state index contributed by atoms with van der Waals surface area (Å²) in [6.07, 6.45) is 1.51. The maximum atomic E-state index is 5.63. The van der Waals surface area contributed by atoms with Crippen molar-refractivity contribution < 1.29 is 9.47 Å². The highest BCUT2D eigenvalue weighted by Gasteiger charge is 2.10. The molecule has 0 bridgehead atoms. The molecule has 0 saturated carbocycles. The van der Waals surface area contributed by atoms with E-state index < -0.39 is 0 Å². The molecule has 0 amide bonds. The summed E-state index contributed by atoms with van der Waals surface area (Å²) in [5.41, 5.74) is 1.40. The van der Waals surface area contributed by atoms with E-state index in [0.29, 0.717) is 30.3 Å². The lowest BCUT2D eigenvalue weighted by atomic mass is 10.4. The number of likely N-dealkylation sites (N-methyl/N-ethyl adjacent to an activating group) is 1. The van der Waals surface area contributed by atoms with E-state index in [1.165, 1.54) is 0 Å². The lowest BCUT2D eigenvalue weighted by Crippen LogP contribution is -2.24. The fraction of sp³-hybridized carbons (Fsp3) is 0.583. The van der Waals surface area contributed by atoms with E-state index in [1.54, 1.807) is 6.20 Å². The van der Waals surface area contributed by atoms with Crippen LogP contribution >= 0.6 is 15.9 Å². The summed E-state index contributed by atoms with van der Waals surface area (Å²) >= 11 is 3.34. The number of fused-ring (bicyclic) bond motifs is 1. The summed E-state index contributed by atoms with van der Waals surface area (Å²) in [6, 6.07) is 0.323. The Morgan fingerprint density at radius 3 is 3.00 bits per heavy atom. The highest BCUT2D eigenvalue weighted by atomic mass is 79.9. The van der Waals surface area contributed by atoms with Gasteiger partial charge in [0.25, 0.3) is 0 Å². The number of halogens is 1. The number of H-pyrrole nitrogens is 1. The quantitative estimate of drug-likeness (QED) is 0.767. The van der Waals surface area contributed by atoms with E-state index in [1.807, 2.05) is 21.0 Å². The van der Waals surface area contributed by atoms with Gasteiger partial charge in [-0.3, -0.25) is 5.10 Å². The molecule has 1 N–H and O–H groups in total. The molecule has 0 aliphatic heterocycles. The van der Waals surface area contributed by atoms with Crippen molar-refractivity contribution >= 4 is 27.0 Å². The van der Waals surface area contributed by atoms with Gasteiger partial charge in [-0.25, -0.2) is 4.98 Å². The zero-order valence-corrected chi connectivity index (χ0v) is 13.3. The monoisotopic (exact) mass is 343 g/mol. The van der Waals surface area contributed by atoms with Crippen LogP contribution in [0, 0.1) is 0 Å². The van der Waals surface area contributed by atoms with Gasteiger partial charge in [-0.15, -0.1) is 0 Å². The molecule has 0 fully saturated rings.